The van der Waals surface area contributed by atoms with Crippen molar-refractivity contribution in [1.82, 2.24) is 14.9 Å². The minimum Gasteiger partial charge on any atom is -0.381 e. The van der Waals surface area contributed by atoms with Crippen molar-refractivity contribution in [2.24, 2.45) is 5.92 Å². The predicted molar refractivity (Wildman–Crippen MR) is 93.0 cm³/mol. The normalized spacial score (nSPS) is 20.1. The largest absolute Gasteiger partial charge is 0.381 e. The van der Waals surface area contributed by atoms with Gasteiger partial charge in [-0.1, -0.05) is 0 Å². The average Bonchev–Trinajstić information content (AvgIpc) is 2.80. The molecule has 0 atom stereocenters. The number of nitrogens with zero attached hydrogens (tertiary/aromatic N) is 4. The molecule has 128 valence electrons. The van der Waals surface area contributed by atoms with Gasteiger partial charge in [-0.2, -0.15) is 0 Å². The van der Waals surface area contributed by atoms with Gasteiger partial charge in [0.15, 0.2) is 0 Å². The first-order chi connectivity index (χ1) is 11.3. The van der Waals surface area contributed by atoms with Crippen molar-refractivity contribution < 1.29 is 4.74 Å². The Labute approximate surface area is 140 Å². The van der Waals surface area contributed by atoms with E-state index in [9.17, 15) is 0 Å². The van der Waals surface area contributed by atoms with Crippen molar-refractivity contribution >= 4 is 5.82 Å². The maximum atomic E-state index is 5.49. The Morgan fingerprint density at radius 2 is 1.87 bits per heavy atom. The molecule has 0 bridgehead atoms. The highest BCUT2D eigenvalue weighted by Crippen LogP contribution is 2.24. The van der Waals surface area contributed by atoms with Crippen molar-refractivity contribution in [2.75, 3.05) is 50.8 Å². The van der Waals surface area contributed by atoms with Crippen LogP contribution in [0.4, 0.5) is 5.82 Å². The minimum atomic E-state index is 0.804. The molecular weight excluding hydrogens is 288 g/mol. The first-order valence-corrected chi connectivity index (χ1v) is 9.19. The summed E-state index contributed by atoms with van der Waals surface area (Å²) >= 11 is 0. The molecule has 1 saturated heterocycles. The second kappa shape index (κ2) is 8.06. The maximum Gasteiger partial charge on any atom is 0.135 e. The van der Waals surface area contributed by atoms with Crippen molar-refractivity contribution in [3.63, 3.8) is 0 Å². The number of ether oxygens (including phenoxy) is 1. The fraction of sp³-hybridized carbons (Fsp3) is 0.778. The summed E-state index contributed by atoms with van der Waals surface area (Å²) in [5.41, 5.74) is 2.64. The van der Waals surface area contributed by atoms with E-state index in [-0.39, 0.29) is 0 Å². The number of fused-ring (bicyclic) bond motifs is 1. The molecule has 1 aromatic rings. The lowest BCUT2D eigenvalue weighted by Crippen LogP contribution is -2.34. The van der Waals surface area contributed by atoms with E-state index >= 15 is 0 Å². The third kappa shape index (κ3) is 4.01. The van der Waals surface area contributed by atoms with Gasteiger partial charge in [0, 0.05) is 57.9 Å². The van der Waals surface area contributed by atoms with Crippen LogP contribution in [0.25, 0.3) is 0 Å². The molecule has 0 aromatic carbocycles. The van der Waals surface area contributed by atoms with E-state index in [0.29, 0.717) is 0 Å². The quantitative estimate of drug-likeness (QED) is 0.832. The van der Waals surface area contributed by atoms with Crippen LogP contribution in [0.5, 0.6) is 0 Å². The lowest BCUT2D eigenvalue weighted by molar-refractivity contribution is 0.0530. The lowest BCUT2D eigenvalue weighted by Gasteiger charge is -2.28. The molecule has 0 saturated carbocycles. The third-order valence-corrected chi connectivity index (χ3v) is 5.27. The van der Waals surface area contributed by atoms with Gasteiger partial charge in [-0.05, 0) is 39.0 Å². The van der Waals surface area contributed by atoms with Crippen molar-refractivity contribution in [3.8, 4) is 0 Å². The first kappa shape index (κ1) is 16.7. The number of rotatable bonds is 5. The predicted octanol–water partition coefficient (Wildman–Crippen LogP) is 2.15. The van der Waals surface area contributed by atoms with Crippen LogP contribution in [0.1, 0.15) is 37.9 Å². The third-order valence-electron chi connectivity index (χ3n) is 5.27. The van der Waals surface area contributed by atoms with Gasteiger partial charge in [-0.15, -0.1) is 0 Å². The highest BCUT2D eigenvalue weighted by molar-refractivity contribution is 5.49. The summed E-state index contributed by atoms with van der Waals surface area (Å²) in [6, 6.07) is 0. The van der Waals surface area contributed by atoms with E-state index in [4.69, 9.17) is 4.74 Å². The van der Waals surface area contributed by atoms with E-state index in [2.05, 4.69) is 33.6 Å². The molecular formula is C18H30N4O. The van der Waals surface area contributed by atoms with Crippen LogP contribution in [0.2, 0.25) is 0 Å². The zero-order valence-electron chi connectivity index (χ0n) is 14.6. The summed E-state index contributed by atoms with van der Waals surface area (Å²) < 4.78 is 5.49. The molecule has 2 aliphatic heterocycles. The summed E-state index contributed by atoms with van der Waals surface area (Å²) in [4.78, 5) is 14.2. The molecule has 2 aliphatic rings. The van der Waals surface area contributed by atoms with E-state index in [1.54, 1.807) is 6.33 Å². The van der Waals surface area contributed by atoms with Crippen LogP contribution < -0.4 is 4.90 Å². The molecule has 5 nitrogen and oxygen atoms in total. The first-order valence-electron chi connectivity index (χ1n) is 9.19. The maximum absolute atomic E-state index is 5.49. The molecule has 0 unspecified atom stereocenters. The summed E-state index contributed by atoms with van der Waals surface area (Å²) in [7, 11) is 0. The van der Waals surface area contributed by atoms with Gasteiger partial charge in [0.2, 0.25) is 0 Å². The summed E-state index contributed by atoms with van der Waals surface area (Å²) in [6.45, 7) is 11.8. The Morgan fingerprint density at radius 3 is 2.61 bits per heavy atom. The Bertz CT molecular complexity index is 498. The summed E-state index contributed by atoms with van der Waals surface area (Å²) in [5, 5.41) is 0. The van der Waals surface area contributed by atoms with E-state index in [0.717, 1.165) is 64.0 Å². The van der Waals surface area contributed by atoms with Gasteiger partial charge in [0.05, 0.1) is 5.69 Å². The van der Waals surface area contributed by atoms with E-state index in [1.165, 1.54) is 30.6 Å². The number of aromatic nitrogens is 2. The molecule has 0 radical (unpaired) electrons. The highest BCUT2D eigenvalue weighted by atomic mass is 16.5. The van der Waals surface area contributed by atoms with Crippen LogP contribution in [0, 0.1) is 5.92 Å². The Kier molecular flexibility index (Phi) is 5.84. The van der Waals surface area contributed by atoms with Crippen LogP contribution in [-0.4, -0.2) is 60.8 Å². The van der Waals surface area contributed by atoms with Gasteiger partial charge in [-0.3, -0.25) is 0 Å². The van der Waals surface area contributed by atoms with Crippen LogP contribution in [0.3, 0.4) is 0 Å². The van der Waals surface area contributed by atoms with Gasteiger partial charge in [0.1, 0.15) is 12.1 Å². The fourth-order valence-electron chi connectivity index (χ4n) is 3.83. The Hall–Kier alpha value is -1.20. The Morgan fingerprint density at radius 1 is 1.13 bits per heavy atom. The van der Waals surface area contributed by atoms with E-state index in [1.807, 2.05) is 0 Å². The van der Waals surface area contributed by atoms with E-state index < -0.39 is 0 Å². The molecule has 0 spiro atoms. The summed E-state index contributed by atoms with van der Waals surface area (Å²) in [6.07, 6.45) is 6.31. The van der Waals surface area contributed by atoms with Crippen molar-refractivity contribution in [3.05, 3.63) is 17.6 Å². The van der Waals surface area contributed by atoms with Gasteiger partial charge in [0.25, 0.3) is 0 Å². The molecule has 1 fully saturated rings. The molecule has 5 heteroatoms. The molecule has 3 heterocycles. The zero-order chi connectivity index (χ0) is 16.1. The number of hydrogen-bond donors (Lipinski definition) is 0. The lowest BCUT2D eigenvalue weighted by atomic mass is 9.99. The molecule has 23 heavy (non-hydrogen) atoms. The number of hydrogen-bond acceptors (Lipinski definition) is 5. The second-order valence-electron chi connectivity index (χ2n) is 6.65. The monoisotopic (exact) mass is 318 g/mol. The van der Waals surface area contributed by atoms with Crippen LogP contribution >= 0.6 is 0 Å². The van der Waals surface area contributed by atoms with Crippen molar-refractivity contribution in [2.45, 2.75) is 39.5 Å². The molecule has 0 amide bonds. The van der Waals surface area contributed by atoms with Gasteiger partial charge in [-0.25, -0.2) is 9.97 Å². The molecule has 0 aliphatic carbocycles. The molecule has 3 rings (SSSR count). The summed E-state index contributed by atoms with van der Waals surface area (Å²) in [5.74, 6) is 1.96. The van der Waals surface area contributed by atoms with Crippen molar-refractivity contribution in [1.29, 1.82) is 0 Å². The van der Waals surface area contributed by atoms with Crippen LogP contribution in [-0.2, 0) is 17.6 Å². The number of anilines is 1. The fourth-order valence-corrected chi connectivity index (χ4v) is 3.83. The van der Waals surface area contributed by atoms with Gasteiger partial charge < -0.3 is 14.5 Å². The topological polar surface area (TPSA) is 41.5 Å². The molecule has 1 aromatic heterocycles. The SMILES string of the molecule is CCN(CC)c1ncnc2c1CCN(CC1CCOCC1)CC2. The zero-order valence-corrected chi connectivity index (χ0v) is 14.6. The second-order valence-corrected chi connectivity index (χ2v) is 6.65. The average molecular weight is 318 g/mol. The van der Waals surface area contributed by atoms with Gasteiger partial charge >= 0.3 is 0 Å². The Balaban J connectivity index is 1.68. The highest BCUT2D eigenvalue weighted by Gasteiger charge is 2.23. The molecule has 0 N–H and O–H groups in total. The minimum absolute atomic E-state index is 0.804. The standard InChI is InChI=1S/C18H30N4O/c1-3-22(4-2)18-16-5-9-21(10-6-17(16)19-14-20-18)13-15-7-11-23-12-8-15/h14-15H,3-13H2,1-2H3. The van der Waals surface area contributed by atoms with Crippen LogP contribution in [0.15, 0.2) is 6.33 Å². The smallest absolute Gasteiger partial charge is 0.135 e.